The lowest BCUT2D eigenvalue weighted by atomic mass is 10.2. The van der Waals surface area contributed by atoms with Gasteiger partial charge in [-0.1, -0.05) is 6.07 Å². The van der Waals surface area contributed by atoms with Gasteiger partial charge in [-0.05, 0) is 24.0 Å². The van der Waals surface area contributed by atoms with E-state index in [0.29, 0.717) is 0 Å². The summed E-state index contributed by atoms with van der Waals surface area (Å²) in [5.41, 5.74) is 2.04. The summed E-state index contributed by atoms with van der Waals surface area (Å²) < 4.78 is 15.5. The largest absolute Gasteiger partial charge is 0.350 e. The van der Waals surface area contributed by atoms with Gasteiger partial charge in [0.2, 0.25) is 0 Å². The molecule has 0 saturated heterocycles. The molecule has 1 aromatic carbocycles. The molecule has 0 N–H and O–H groups in total. The summed E-state index contributed by atoms with van der Waals surface area (Å²) in [4.78, 5) is 0. The topological polar surface area (TPSA) is 4.93 Å². The van der Waals surface area contributed by atoms with Gasteiger partial charge in [0.25, 0.3) is 0 Å². The normalized spacial score (nSPS) is 11.1. The third kappa shape index (κ3) is 1.42. The highest BCUT2D eigenvalue weighted by atomic mass is 32.2. The molecule has 0 aliphatic heterocycles. The molecule has 3 heteroatoms. The first kappa shape index (κ1) is 9.59. The average Bonchev–Trinajstić information content (AvgIpc) is 2.46. The number of rotatable bonds is 2. The van der Waals surface area contributed by atoms with Crippen molar-refractivity contribution in [3.8, 4) is 0 Å². The number of thioether (sulfide) groups is 1. The SMILES string of the molecule is CSCc1cn(C)c2cccc(F)c12. The Balaban J connectivity index is 2.72. The van der Waals surface area contributed by atoms with Crippen molar-refractivity contribution in [1.82, 2.24) is 4.57 Å². The van der Waals surface area contributed by atoms with Gasteiger partial charge in [-0.3, -0.25) is 0 Å². The molecule has 0 aliphatic rings. The molecule has 1 nitrogen and oxygen atoms in total. The molecule has 0 amide bonds. The Morgan fingerprint density at radius 3 is 2.93 bits per heavy atom. The van der Waals surface area contributed by atoms with Crippen molar-refractivity contribution in [3.63, 3.8) is 0 Å². The van der Waals surface area contributed by atoms with E-state index in [1.807, 2.05) is 30.1 Å². The van der Waals surface area contributed by atoms with Gasteiger partial charge in [0, 0.05) is 24.4 Å². The fourth-order valence-electron chi connectivity index (χ4n) is 1.76. The van der Waals surface area contributed by atoms with Crippen LogP contribution in [0, 0.1) is 5.82 Å². The fourth-order valence-corrected chi connectivity index (χ4v) is 2.29. The van der Waals surface area contributed by atoms with E-state index in [0.717, 1.165) is 22.2 Å². The van der Waals surface area contributed by atoms with Crippen LogP contribution in [0.5, 0.6) is 0 Å². The van der Waals surface area contributed by atoms with Gasteiger partial charge in [-0.2, -0.15) is 11.8 Å². The lowest BCUT2D eigenvalue weighted by Gasteiger charge is -1.97. The molecule has 74 valence electrons. The van der Waals surface area contributed by atoms with Crippen molar-refractivity contribution in [1.29, 1.82) is 0 Å². The predicted molar refractivity (Wildman–Crippen MR) is 60.1 cm³/mol. The van der Waals surface area contributed by atoms with Gasteiger partial charge in [0.1, 0.15) is 5.82 Å². The Bertz CT molecular complexity index is 462. The maximum atomic E-state index is 13.6. The number of hydrogen-bond donors (Lipinski definition) is 0. The minimum atomic E-state index is -0.118. The minimum absolute atomic E-state index is 0.118. The van der Waals surface area contributed by atoms with Crippen molar-refractivity contribution in [2.24, 2.45) is 7.05 Å². The molecular weight excluding hydrogens is 197 g/mol. The molecule has 2 aromatic rings. The van der Waals surface area contributed by atoms with Gasteiger partial charge in [0.05, 0.1) is 5.52 Å². The molecule has 14 heavy (non-hydrogen) atoms. The standard InChI is InChI=1S/C11H12FNS/c1-13-6-8(7-14-2)11-9(12)4-3-5-10(11)13/h3-6H,7H2,1-2H3. The third-order valence-electron chi connectivity index (χ3n) is 2.34. The Labute approximate surface area is 86.9 Å². The average molecular weight is 209 g/mol. The van der Waals surface area contributed by atoms with Crippen molar-refractivity contribution < 1.29 is 4.39 Å². The van der Waals surface area contributed by atoms with Crippen LogP contribution >= 0.6 is 11.8 Å². The molecule has 2 rings (SSSR count). The second kappa shape index (κ2) is 3.65. The molecular formula is C11H12FNS. The van der Waals surface area contributed by atoms with Crippen LogP contribution in [0.25, 0.3) is 10.9 Å². The fraction of sp³-hybridized carbons (Fsp3) is 0.273. The van der Waals surface area contributed by atoms with Crippen LogP contribution in [0.1, 0.15) is 5.56 Å². The number of fused-ring (bicyclic) bond motifs is 1. The van der Waals surface area contributed by atoms with E-state index in [-0.39, 0.29) is 5.82 Å². The smallest absolute Gasteiger partial charge is 0.132 e. The first-order valence-corrected chi connectivity index (χ1v) is 5.85. The predicted octanol–water partition coefficient (Wildman–Crippen LogP) is 3.18. The Morgan fingerprint density at radius 1 is 1.43 bits per heavy atom. The minimum Gasteiger partial charge on any atom is -0.350 e. The zero-order chi connectivity index (χ0) is 10.1. The second-order valence-corrected chi connectivity index (χ2v) is 4.20. The van der Waals surface area contributed by atoms with E-state index in [1.165, 1.54) is 6.07 Å². The van der Waals surface area contributed by atoms with Crippen LogP contribution in [-0.2, 0) is 12.8 Å². The van der Waals surface area contributed by atoms with Crippen LogP contribution in [-0.4, -0.2) is 10.8 Å². The van der Waals surface area contributed by atoms with Gasteiger partial charge < -0.3 is 4.57 Å². The first-order valence-electron chi connectivity index (χ1n) is 4.45. The summed E-state index contributed by atoms with van der Waals surface area (Å²) in [7, 11) is 1.95. The summed E-state index contributed by atoms with van der Waals surface area (Å²) in [5, 5.41) is 0.768. The summed E-state index contributed by atoms with van der Waals surface area (Å²) in [6, 6.07) is 5.22. The number of aryl methyl sites for hydroxylation is 1. The lowest BCUT2D eigenvalue weighted by molar-refractivity contribution is 0.639. The second-order valence-electron chi connectivity index (χ2n) is 3.33. The zero-order valence-electron chi connectivity index (χ0n) is 8.25. The van der Waals surface area contributed by atoms with E-state index in [1.54, 1.807) is 17.8 Å². The Morgan fingerprint density at radius 2 is 2.21 bits per heavy atom. The van der Waals surface area contributed by atoms with Crippen LogP contribution in [0.15, 0.2) is 24.4 Å². The highest BCUT2D eigenvalue weighted by molar-refractivity contribution is 7.97. The molecule has 0 fully saturated rings. The highest BCUT2D eigenvalue weighted by Crippen LogP contribution is 2.25. The summed E-state index contributed by atoms with van der Waals surface area (Å²) >= 11 is 1.71. The zero-order valence-corrected chi connectivity index (χ0v) is 9.07. The number of aromatic nitrogens is 1. The van der Waals surface area contributed by atoms with E-state index in [4.69, 9.17) is 0 Å². The number of nitrogens with zero attached hydrogens (tertiary/aromatic N) is 1. The number of halogens is 1. The molecule has 1 aromatic heterocycles. The summed E-state index contributed by atoms with van der Waals surface area (Å²) in [6.07, 6.45) is 4.03. The van der Waals surface area contributed by atoms with Gasteiger partial charge in [0.15, 0.2) is 0 Å². The Kier molecular flexibility index (Phi) is 2.50. The molecule has 0 unspecified atom stereocenters. The maximum Gasteiger partial charge on any atom is 0.132 e. The summed E-state index contributed by atoms with van der Waals surface area (Å²) in [5.74, 6) is 0.741. The van der Waals surface area contributed by atoms with Crippen LogP contribution < -0.4 is 0 Å². The third-order valence-corrected chi connectivity index (χ3v) is 2.94. The monoisotopic (exact) mass is 209 g/mol. The van der Waals surface area contributed by atoms with Crippen molar-refractivity contribution in [2.75, 3.05) is 6.26 Å². The maximum absolute atomic E-state index is 13.6. The van der Waals surface area contributed by atoms with Gasteiger partial charge in [-0.15, -0.1) is 0 Å². The number of hydrogen-bond acceptors (Lipinski definition) is 1. The van der Waals surface area contributed by atoms with Crippen molar-refractivity contribution in [3.05, 3.63) is 35.8 Å². The van der Waals surface area contributed by atoms with Crippen molar-refractivity contribution in [2.45, 2.75) is 5.75 Å². The first-order chi connectivity index (χ1) is 6.74. The van der Waals surface area contributed by atoms with Gasteiger partial charge >= 0.3 is 0 Å². The lowest BCUT2D eigenvalue weighted by Crippen LogP contribution is -1.83. The highest BCUT2D eigenvalue weighted by Gasteiger charge is 2.09. The van der Waals surface area contributed by atoms with Crippen LogP contribution in [0.4, 0.5) is 4.39 Å². The van der Waals surface area contributed by atoms with Crippen LogP contribution in [0.2, 0.25) is 0 Å². The Hall–Kier alpha value is -0.960. The molecule has 0 spiro atoms. The molecule has 0 radical (unpaired) electrons. The summed E-state index contributed by atoms with van der Waals surface area (Å²) in [6.45, 7) is 0. The van der Waals surface area contributed by atoms with E-state index in [2.05, 4.69) is 0 Å². The molecule has 0 atom stereocenters. The number of benzene rings is 1. The molecule has 0 aliphatic carbocycles. The molecule has 0 saturated carbocycles. The van der Waals surface area contributed by atoms with E-state index < -0.39 is 0 Å². The van der Waals surface area contributed by atoms with Crippen LogP contribution in [0.3, 0.4) is 0 Å². The van der Waals surface area contributed by atoms with Crippen molar-refractivity contribution >= 4 is 22.7 Å². The van der Waals surface area contributed by atoms with E-state index >= 15 is 0 Å². The van der Waals surface area contributed by atoms with E-state index in [9.17, 15) is 4.39 Å². The molecule has 1 heterocycles. The molecule has 0 bridgehead atoms. The quantitative estimate of drug-likeness (QED) is 0.735. The van der Waals surface area contributed by atoms with Gasteiger partial charge in [-0.25, -0.2) is 4.39 Å².